The summed E-state index contributed by atoms with van der Waals surface area (Å²) in [5, 5.41) is 2.74. The van der Waals surface area contributed by atoms with E-state index in [0.717, 1.165) is 11.4 Å². The van der Waals surface area contributed by atoms with Crippen LogP contribution in [0.1, 0.15) is 39.1 Å². The van der Waals surface area contributed by atoms with E-state index < -0.39 is 5.95 Å². The molecular weight excluding hydrogens is 527 g/mol. The molecule has 0 saturated heterocycles. The summed E-state index contributed by atoms with van der Waals surface area (Å²) < 4.78 is 32.5. The lowest BCUT2D eigenvalue weighted by Crippen LogP contribution is -2.05. The van der Waals surface area contributed by atoms with Crippen LogP contribution in [0.15, 0.2) is 30.5 Å². The average Bonchev–Trinajstić information content (AvgIpc) is 3.37. The number of fused-ring (bicyclic) bond motifs is 1. The fraction of sp³-hybridized carbons (Fsp3) is 0.333. The number of ether oxygens (including phenoxy) is 3. The summed E-state index contributed by atoms with van der Waals surface area (Å²) in [6, 6.07) is 6.69. The van der Waals surface area contributed by atoms with Gasteiger partial charge in [0.05, 0.1) is 37.2 Å². The smallest absolute Gasteiger partial charge is 0.261 e. The second-order valence-electron chi connectivity index (χ2n) is 7.60. The summed E-state index contributed by atoms with van der Waals surface area (Å²) in [6.07, 6.45) is 3.02. The predicted octanol–water partition coefficient (Wildman–Crippen LogP) is 5.73. The lowest BCUT2D eigenvalue weighted by molar-refractivity contribution is -0.105. The first kappa shape index (κ1) is 31.1. The molecule has 0 saturated carbocycles. The largest absolute Gasteiger partial charge is 0.493 e. The number of carbonyl (C=O) groups excluding carboxylic acids is 1. The average molecular weight is 561 g/mol. The van der Waals surface area contributed by atoms with Crippen molar-refractivity contribution >= 4 is 35.2 Å². The monoisotopic (exact) mass is 560 g/mol. The van der Waals surface area contributed by atoms with Gasteiger partial charge in [0.2, 0.25) is 18.0 Å². The summed E-state index contributed by atoms with van der Waals surface area (Å²) >= 11 is 6.39. The van der Waals surface area contributed by atoms with E-state index in [4.69, 9.17) is 31.5 Å². The molecule has 0 radical (unpaired) electrons. The second kappa shape index (κ2) is 14.7. The highest BCUT2D eigenvalue weighted by Crippen LogP contribution is 2.40. The number of halogens is 2. The summed E-state index contributed by atoms with van der Waals surface area (Å²) in [4.78, 5) is 22.4. The molecule has 0 bridgehead atoms. The summed E-state index contributed by atoms with van der Waals surface area (Å²) in [5.74, 6) is 0.665. The first-order valence-electron chi connectivity index (χ1n) is 12.3. The zero-order valence-corrected chi connectivity index (χ0v) is 23.9. The molecule has 1 aromatic carbocycles. The molecule has 12 heteroatoms. The van der Waals surface area contributed by atoms with Crippen molar-refractivity contribution in [3.8, 4) is 28.6 Å². The molecule has 3 N–H and O–H groups in total. The zero-order chi connectivity index (χ0) is 29.1. The van der Waals surface area contributed by atoms with E-state index in [1.807, 2.05) is 27.7 Å². The minimum absolute atomic E-state index is 0.144. The van der Waals surface area contributed by atoms with Gasteiger partial charge < -0.3 is 25.3 Å². The lowest BCUT2D eigenvalue weighted by atomic mass is 10.1. The highest BCUT2D eigenvalue weighted by Gasteiger charge is 2.22. The number of carbonyl (C=O) groups is 1. The van der Waals surface area contributed by atoms with Crippen molar-refractivity contribution in [3.63, 3.8) is 0 Å². The Hall–Kier alpha value is -4.12. The Bertz CT molecular complexity index is 1410. The molecule has 0 unspecified atom stereocenters. The number of aromatic nitrogens is 4. The van der Waals surface area contributed by atoms with Crippen LogP contribution in [0.25, 0.3) is 16.9 Å². The maximum absolute atomic E-state index is 14.9. The quantitative estimate of drug-likeness (QED) is 0.261. The van der Waals surface area contributed by atoms with Crippen molar-refractivity contribution < 1.29 is 23.4 Å². The Labute approximate surface area is 232 Å². The molecule has 0 aliphatic heterocycles. The number of methoxy groups -OCH3 is 2. The topological polar surface area (TPSA) is 126 Å². The number of nitrogens with zero attached hydrogens (tertiary/aromatic N) is 4. The zero-order valence-electron chi connectivity index (χ0n) is 23.1. The standard InChI is InChI=1S/C18H19ClFN3O3.C7H9N3O.C2H6/c1-5-10-9-23-15(16(20)22-18(26-6-2)17(23)21-10)11-7-13(24-3)14(25-4)8-12(11)19;1-5-2-3-6(9-4-11)7(8)10-5;1-2/h7-9H,5-6H2,1-4H3;2-4H,1H3,(H2,8,10)(H,9,11);1-2H3. The number of anilines is 2. The van der Waals surface area contributed by atoms with Crippen LogP contribution in [-0.2, 0) is 11.2 Å². The number of nitrogens with one attached hydrogen (secondary N) is 1. The van der Waals surface area contributed by atoms with Crippen molar-refractivity contribution in [1.29, 1.82) is 0 Å². The Morgan fingerprint density at radius 2 is 1.77 bits per heavy atom. The number of benzene rings is 1. The van der Waals surface area contributed by atoms with Gasteiger partial charge in [-0.25, -0.2) is 9.97 Å². The van der Waals surface area contributed by atoms with Gasteiger partial charge in [0.1, 0.15) is 11.5 Å². The van der Waals surface area contributed by atoms with E-state index in [2.05, 4.69) is 20.3 Å². The molecule has 210 valence electrons. The number of nitrogens with two attached hydrogens (primary N) is 1. The van der Waals surface area contributed by atoms with Crippen LogP contribution in [0.3, 0.4) is 0 Å². The number of rotatable bonds is 8. The summed E-state index contributed by atoms with van der Waals surface area (Å²) in [5.41, 5.74) is 8.68. The van der Waals surface area contributed by atoms with Gasteiger partial charge in [0, 0.05) is 23.5 Å². The van der Waals surface area contributed by atoms with Gasteiger partial charge in [0.15, 0.2) is 11.5 Å². The molecule has 3 heterocycles. The Balaban J connectivity index is 0.000000343. The Morgan fingerprint density at radius 3 is 2.33 bits per heavy atom. The molecule has 4 aromatic rings. The van der Waals surface area contributed by atoms with Crippen molar-refractivity contribution in [2.75, 3.05) is 31.9 Å². The molecule has 0 fully saturated rings. The van der Waals surface area contributed by atoms with E-state index in [1.54, 1.807) is 41.8 Å². The van der Waals surface area contributed by atoms with Crippen LogP contribution in [-0.4, -0.2) is 46.6 Å². The Morgan fingerprint density at radius 1 is 1.10 bits per heavy atom. The van der Waals surface area contributed by atoms with Crippen LogP contribution in [0.4, 0.5) is 15.9 Å². The van der Waals surface area contributed by atoms with Gasteiger partial charge in [-0.2, -0.15) is 9.37 Å². The van der Waals surface area contributed by atoms with Crippen LogP contribution in [0.2, 0.25) is 5.02 Å². The van der Waals surface area contributed by atoms with E-state index in [9.17, 15) is 9.18 Å². The third-order valence-corrected chi connectivity index (χ3v) is 5.55. The van der Waals surface area contributed by atoms with E-state index in [0.29, 0.717) is 58.7 Å². The first-order chi connectivity index (χ1) is 18.8. The number of imidazole rings is 1. The van der Waals surface area contributed by atoms with Gasteiger partial charge >= 0.3 is 0 Å². The molecule has 0 spiro atoms. The molecule has 10 nitrogen and oxygen atoms in total. The van der Waals surface area contributed by atoms with E-state index in [-0.39, 0.29) is 11.6 Å². The molecule has 39 heavy (non-hydrogen) atoms. The number of nitrogen functional groups attached to an aromatic ring is 1. The first-order valence-corrected chi connectivity index (χ1v) is 12.7. The van der Waals surface area contributed by atoms with Gasteiger partial charge in [-0.05, 0) is 38.5 Å². The third-order valence-electron chi connectivity index (χ3n) is 5.23. The normalized spacial score (nSPS) is 10.1. The van der Waals surface area contributed by atoms with Gasteiger partial charge in [-0.1, -0.05) is 32.4 Å². The van der Waals surface area contributed by atoms with Crippen LogP contribution in [0.5, 0.6) is 17.4 Å². The maximum atomic E-state index is 14.9. The van der Waals surface area contributed by atoms with Crippen molar-refractivity contribution in [1.82, 2.24) is 19.4 Å². The Kier molecular flexibility index (Phi) is 11.7. The predicted molar refractivity (Wildman–Crippen MR) is 151 cm³/mol. The highest BCUT2D eigenvalue weighted by atomic mass is 35.5. The molecule has 3 aromatic heterocycles. The number of hydrogen-bond donors (Lipinski definition) is 2. The SMILES string of the molecule is CC.CCOc1nc(F)c(-c2cc(OC)c(OC)cc2Cl)n2cc(CC)nc12.Cc1ccc(NC=O)c(N)n1. The number of pyridine rings is 1. The number of aryl methyl sites for hydroxylation is 2. The van der Waals surface area contributed by atoms with E-state index >= 15 is 0 Å². The minimum atomic E-state index is -0.713. The fourth-order valence-corrected chi connectivity index (χ4v) is 3.73. The van der Waals surface area contributed by atoms with Gasteiger partial charge in [-0.3, -0.25) is 9.20 Å². The highest BCUT2D eigenvalue weighted by molar-refractivity contribution is 6.33. The summed E-state index contributed by atoms with van der Waals surface area (Å²) in [7, 11) is 3.01. The van der Waals surface area contributed by atoms with Crippen LogP contribution in [0, 0.1) is 12.9 Å². The lowest BCUT2D eigenvalue weighted by Gasteiger charge is -2.14. The third kappa shape index (κ3) is 7.26. The molecular formula is C27H34ClFN6O4. The van der Waals surface area contributed by atoms with Crippen molar-refractivity contribution in [2.24, 2.45) is 0 Å². The molecule has 4 rings (SSSR count). The van der Waals surface area contributed by atoms with Crippen molar-refractivity contribution in [2.45, 2.75) is 41.0 Å². The minimum Gasteiger partial charge on any atom is -0.493 e. The molecule has 0 atom stereocenters. The van der Waals surface area contributed by atoms with Crippen LogP contribution >= 0.6 is 11.6 Å². The second-order valence-corrected chi connectivity index (χ2v) is 8.01. The maximum Gasteiger partial charge on any atom is 0.261 e. The van der Waals surface area contributed by atoms with Gasteiger partial charge in [0.25, 0.3) is 5.88 Å². The molecule has 0 aliphatic rings. The number of hydrogen-bond acceptors (Lipinski definition) is 8. The molecule has 0 aliphatic carbocycles. The summed E-state index contributed by atoms with van der Waals surface area (Å²) in [6.45, 7) is 9.96. The van der Waals surface area contributed by atoms with Gasteiger partial charge in [-0.15, -0.1) is 0 Å². The van der Waals surface area contributed by atoms with Crippen LogP contribution < -0.4 is 25.3 Å². The number of amides is 1. The fourth-order valence-electron chi connectivity index (χ4n) is 3.48. The van der Waals surface area contributed by atoms with E-state index in [1.165, 1.54) is 14.2 Å². The molecule has 1 amide bonds. The van der Waals surface area contributed by atoms with Crippen molar-refractivity contribution in [3.05, 3.63) is 52.8 Å².